The number of likely N-dealkylation sites (tertiary alicyclic amines) is 1. The van der Waals surface area contributed by atoms with Gasteiger partial charge in [-0.2, -0.15) is 13.2 Å². The van der Waals surface area contributed by atoms with Crippen LogP contribution in [0.4, 0.5) is 13.2 Å². The number of ether oxygens (including phenoxy) is 1. The average molecular weight is 564 g/mol. The standard InChI is InChI=1S/C25H40F3N3O6.N2/c1-2-37-23(35)19(14-13-17-9-4-3-5-10-17)30-18(11-6-7-15-29-24(36)25(26,27)28)21(32)31-16-8-12-20(31)22(33)34;1-2/h17-20,30H,2-16H2,1H3,(H,29,36)(H,33,34);/t18-,19?,20-;/m0./s1. The Bertz CT molecular complexity index is 820. The third-order valence-corrected chi connectivity index (χ3v) is 7.14. The van der Waals surface area contributed by atoms with E-state index in [2.05, 4.69) is 5.32 Å². The predicted octanol–water partition coefficient (Wildman–Crippen LogP) is 3.19. The topological polar surface area (TPSA) is 173 Å². The number of carboxylic acid groups (broad SMARTS) is 1. The summed E-state index contributed by atoms with van der Waals surface area (Å²) in [6.07, 6.45) is 3.51. The van der Waals surface area contributed by atoms with E-state index in [0.717, 1.165) is 32.1 Å². The number of amides is 2. The van der Waals surface area contributed by atoms with Crippen molar-refractivity contribution < 1.29 is 42.2 Å². The van der Waals surface area contributed by atoms with Crippen LogP contribution in [-0.2, 0) is 23.9 Å². The maximum Gasteiger partial charge on any atom is 0.471 e. The molecule has 222 valence electrons. The highest BCUT2D eigenvalue weighted by molar-refractivity contribution is 5.88. The monoisotopic (exact) mass is 563 g/mol. The highest BCUT2D eigenvalue weighted by Crippen LogP contribution is 2.28. The van der Waals surface area contributed by atoms with Gasteiger partial charge in [0.05, 0.1) is 12.6 Å². The number of hydrogen-bond acceptors (Lipinski definition) is 8. The number of carbonyl (C=O) groups is 4. The molecule has 0 aromatic rings. The molecule has 0 radical (unpaired) electrons. The van der Waals surface area contributed by atoms with Gasteiger partial charge < -0.3 is 20.1 Å². The molecule has 1 heterocycles. The van der Waals surface area contributed by atoms with Crippen LogP contribution in [-0.4, -0.2) is 77.8 Å². The van der Waals surface area contributed by atoms with Gasteiger partial charge in [-0.05, 0) is 57.8 Å². The Morgan fingerprint density at radius 3 is 2.26 bits per heavy atom. The van der Waals surface area contributed by atoms with E-state index in [-0.39, 0.29) is 39.0 Å². The zero-order valence-electron chi connectivity index (χ0n) is 22.4. The number of halogens is 3. The van der Waals surface area contributed by atoms with E-state index >= 15 is 0 Å². The number of carboxylic acids is 1. The molecule has 2 aliphatic rings. The molecule has 0 aromatic carbocycles. The van der Waals surface area contributed by atoms with Crippen LogP contribution in [0.15, 0.2) is 0 Å². The molecule has 1 unspecified atom stereocenters. The molecule has 1 aliphatic heterocycles. The number of carbonyl (C=O) groups excluding carboxylic acids is 3. The Labute approximate surface area is 226 Å². The number of rotatable bonds is 14. The quantitative estimate of drug-likeness (QED) is 0.163. The van der Waals surface area contributed by atoms with Crippen LogP contribution in [0.3, 0.4) is 0 Å². The third-order valence-electron chi connectivity index (χ3n) is 7.14. The maximum absolute atomic E-state index is 13.4. The molecule has 1 aliphatic carbocycles. The fourth-order valence-electron chi connectivity index (χ4n) is 5.17. The number of aliphatic carboxylic acids is 1. The average Bonchev–Trinajstić information content (AvgIpc) is 3.41. The molecule has 11 nitrogen and oxygen atoms in total. The third kappa shape index (κ3) is 11.8. The van der Waals surface area contributed by atoms with Crippen LogP contribution in [0, 0.1) is 16.7 Å². The molecular weight excluding hydrogens is 523 g/mol. The highest BCUT2D eigenvalue weighted by Gasteiger charge is 2.39. The van der Waals surface area contributed by atoms with Crippen molar-refractivity contribution in [3.8, 4) is 0 Å². The van der Waals surface area contributed by atoms with Gasteiger partial charge >= 0.3 is 24.0 Å². The van der Waals surface area contributed by atoms with E-state index in [1.54, 1.807) is 12.2 Å². The number of unbranched alkanes of at least 4 members (excludes halogenated alkanes) is 1. The lowest BCUT2D eigenvalue weighted by atomic mass is 9.85. The minimum atomic E-state index is -4.97. The minimum Gasteiger partial charge on any atom is -0.480 e. The molecule has 2 fully saturated rings. The zero-order chi connectivity index (χ0) is 29.4. The Balaban J connectivity index is 0.00000371. The van der Waals surface area contributed by atoms with Gasteiger partial charge in [-0.15, -0.1) is 0 Å². The lowest BCUT2D eigenvalue weighted by Gasteiger charge is -2.30. The van der Waals surface area contributed by atoms with E-state index in [0.29, 0.717) is 25.2 Å². The van der Waals surface area contributed by atoms with Gasteiger partial charge in [0.25, 0.3) is 0 Å². The first-order valence-electron chi connectivity index (χ1n) is 13.6. The van der Waals surface area contributed by atoms with Crippen molar-refractivity contribution in [2.24, 2.45) is 5.92 Å². The van der Waals surface area contributed by atoms with Gasteiger partial charge in [-0.1, -0.05) is 32.1 Å². The molecule has 0 aromatic heterocycles. The molecule has 2 rings (SSSR count). The molecule has 14 heteroatoms. The van der Waals surface area contributed by atoms with Crippen LogP contribution in [0.5, 0.6) is 0 Å². The lowest BCUT2D eigenvalue weighted by molar-refractivity contribution is -0.173. The first-order chi connectivity index (χ1) is 18.5. The molecule has 3 N–H and O–H groups in total. The van der Waals surface area contributed by atoms with Gasteiger partial charge in [-0.25, -0.2) is 4.79 Å². The van der Waals surface area contributed by atoms with Crippen LogP contribution in [0.2, 0.25) is 0 Å². The molecule has 0 spiro atoms. The fourth-order valence-corrected chi connectivity index (χ4v) is 5.17. The second kappa shape index (κ2) is 17.6. The summed E-state index contributed by atoms with van der Waals surface area (Å²) in [5.74, 6) is -3.56. The molecule has 1 saturated heterocycles. The number of nitrogens with one attached hydrogen (secondary N) is 2. The summed E-state index contributed by atoms with van der Waals surface area (Å²) in [6, 6.07) is -2.61. The van der Waals surface area contributed by atoms with Crippen LogP contribution in [0.25, 0.3) is 0 Å². The van der Waals surface area contributed by atoms with Crippen molar-refractivity contribution in [1.82, 2.24) is 15.5 Å². The van der Waals surface area contributed by atoms with Crippen LogP contribution >= 0.6 is 0 Å². The van der Waals surface area contributed by atoms with E-state index in [1.807, 2.05) is 0 Å². The SMILES string of the molecule is CCOC(=O)C(CCC1CCCCC1)N[C@@H](CCCCNC(=O)C(F)(F)F)C(=O)N1CCC[C@H]1C(=O)O.N#N. The Hall–Kier alpha value is -2.95. The minimum absolute atomic E-state index is 0.170. The largest absolute Gasteiger partial charge is 0.480 e. The number of alkyl halides is 3. The molecular formula is C25H40F3N5O6. The van der Waals surface area contributed by atoms with Crippen molar-refractivity contribution >= 4 is 23.8 Å². The molecule has 2 amide bonds. The number of esters is 1. The molecule has 39 heavy (non-hydrogen) atoms. The van der Waals surface area contributed by atoms with Gasteiger partial charge in [0.2, 0.25) is 5.91 Å². The second-order valence-electron chi connectivity index (χ2n) is 9.88. The number of hydrogen-bond donors (Lipinski definition) is 3. The first kappa shape index (κ1) is 34.1. The summed E-state index contributed by atoms with van der Waals surface area (Å²) in [5, 5.41) is 26.4. The number of nitrogens with zero attached hydrogens (tertiary/aromatic N) is 3. The van der Waals surface area contributed by atoms with E-state index < -0.39 is 48.1 Å². The molecule has 3 atom stereocenters. The van der Waals surface area contributed by atoms with Crippen molar-refractivity contribution in [2.75, 3.05) is 19.7 Å². The summed E-state index contributed by atoms with van der Waals surface area (Å²) in [4.78, 5) is 50.1. The maximum atomic E-state index is 13.4. The Morgan fingerprint density at radius 2 is 1.67 bits per heavy atom. The smallest absolute Gasteiger partial charge is 0.471 e. The lowest BCUT2D eigenvalue weighted by Crippen LogP contribution is -2.54. The summed E-state index contributed by atoms with van der Waals surface area (Å²) in [6.45, 7) is 1.92. The van der Waals surface area contributed by atoms with Gasteiger partial charge in [0.1, 0.15) is 12.1 Å². The zero-order valence-corrected chi connectivity index (χ0v) is 22.4. The summed E-state index contributed by atoms with van der Waals surface area (Å²) >= 11 is 0. The summed E-state index contributed by atoms with van der Waals surface area (Å²) in [5.41, 5.74) is 0. The van der Waals surface area contributed by atoms with Crippen molar-refractivity contribution in [2.45, 2.75) is 108 Å². The Morgan fingerprint density at radius 1 is 1.00 bits per heavy atom. The van der Waals surface area contributed by atoms with Gasteiger partial charge in [0.15, 0.2) is 0 Å². The summed E-state index contributed by atoms with van der Waals surface area (Å²) < 4.78 is 42.4. The second-order valence-corrected chi connectivity index (χ2v) is 9.88. The van der Waals surface area contributed by atoms with E-state index in [4.69, 9.17) is 15.5 Å². The van der Waals surface area contributed by atoms with Gasteiger partial charge in [0, 0.05) is 23.9 Å². The fraction of sp³-hybridized carbons (Fsp3) is 0.840. The van der Waals surface area contributed by atoms with Gasteiger partial charge in [-0.3, -0.25) is 19.7 Å². The highest BCUT2D eigenvalue weighted by atomic mass is 19.4. The normalized spacial score (nSPS) is 19.3. The van der Waals surface area contributed by atoms with Crippen molar-refractivity contribution in [3.05, 3.63) is 0 Å². The first-order valence-corrected chi connectivity index (χ1v) is 13.6. The molecule has 0 bridgehead atoms. The van der Waals surface area contributed by atoms with Crippen LogP contribution < -0.4 is 10.6 Å². The van der Waals surface area contributed by atoms with E-state index in [9.17, 15) is 37.5 Å². The van der Waals surface area contributed by atoms with Crippen molar-refractivity contribution in [1.29, 1.82) is 10.8 Å². The summed E-state index contributed by atoms with van der Waals surface area (Å²) in [7, 11) is 0. The van der Waals surface area contributed by atoms with Crippen LogP contribution in [0.1, 0.15) is 84.0 Å². The predicted molar refractivity (Wildman–Crippen MR) is 132 cm³/mol. The Kier molecular flexibility index (Phi) is 15.4. The van der Waals surface area contributed by atoms with E-state index in [1.165, 1.54) is 11.3 Å². The molecule has 1 saturated carbocycles. The van der Waals surface area contributed by atoms with Crippen molar-refractivity contribution in [3.63, 3.8) is 0 Å².